The normalized spacial score (nSPS) is 16.6. The predicted octanol–water partition coefficient (Wildman–Crippen LogP) is 2.48. The van der Waals surface area contributed by atoms with Crippen molar-refractivity contribution < 1.29 is 24.2 Å². The van der Waals surface area contributed by atoms with E-state index >= 15 is 0 Å². The Hall–Kier alpha value is -2.23. The van der Waals surface area contributed by atoms with Gasteiger partial charge in [0.1, 0.15) is 11.2 Å². The molecule has 2 fully saturated rings. The van der Waals surface area contributed by atoms with Gasteiger partial charge in [0.05, 0.1) is 6.04 Å². The lowest BCUT2D eigenvalue weighted by Crippen LogP contribution is -2.58. The van der Waals surface area contributed by atoms with Gasteiger partial charge in [0, 0.05) is 43.7 Å². The molecule has 0 aromatic rings. The van der Waals surface area contributed by atoms with Crippen molar-refractivity contribution in [2.45, 2.75) is 71.8 Å². The van der Waals surface area contributed by atoms with Crippen LogP contribution in [-0.2, 0) is 9.47 Å². The zero-order valence-electron chi connectivity index (χ0n) is 18.6. The number of rotatable bonds is 1. The van der Waals surface area contributed by atoms with Gasteiger partial charge >= 0.3 is 12.2 Å². The van der Waals surface area contributed by atoms with Gasteiger partial charge in [-0.1, -0.05) is 5.11 Å². The first kappa shape index (κ1) is 26.8. The summed E-state index contributed by atoms with van der Waals surface area (Å²) in [5.74, 6) is 0. The number of nitrogens with zero attached hydrogens (tertiary/aromatic N) is 5. The van der Waals surface area contributed by atoms with Crippen LogP contribution in [0.1, 0.15) is 48.5 Å². The van der Waals surface area contributed by atoms with Crippen LogP contribution in [0.2, 0.25) is 0 Å². The molecule has 11 heteroatoms. The zero-order valence-corrected chi connectivity index (χ0v) is 18.6. The van der Waals surface area contributed by atoms with Gasteiger partial charge in [0.15, 0.2) is 0 Å². The van der Waals surface area contributed by atoms with Crippen molar-refractivity contribution in [2.24, 2.45) is 10.8 Å². The third-order valence-corrected chi connectivity index (χ3v) is 3.29. The highest BCUT2D eigenvalue weighted by molar-refractivity contribution is 5.69. The summed E-state index contributed by atoms with van der Waals surface area (Å²) in [6, 6.07) is 0.0463. The molecule has 3 N–H and O–H groups in total. The lowest BCUT2D eigenvalue weighted by atomic mass is 10.1. The highest BCUT2D eigenvalue weighted by Gasteiger charge is 2.33. The number of likely N-dealkylation sites (tertiary alicyclic amines) is 2. The maximum atomic E-state index is 11.4. The van der Waals surface area contributed by atoms with Crippen molar-refractivity contribution in [3.05, 3.63) is 10.4 Å². The minimum Gasteiger partial charge on any atom is -0.444 e. The van der Waals surface area contributed by atoms with Crippen molar-refractivity contribution in [3.63, 3.8) is 0 Å². The van der Waals surface area contributed by atoms with Crippen molar-refractivity contribution in [3.8, 4) is 0 Å². The zero-order chi connectivity index (χ0) is 22.8. The van der Waals surface area contributed by atoms with Gasteiger partial charge in [0.25, 0.3) is 0 Å². The maximum absolute atomic E-state index is 11.4. The van der Waals surface area contributed by atoms with E-state index in [0.717, 1.165) is 0 Å². The number of hydrogen-bond acceptors (Lipinski definition) is 7. The van der Waals surface area contributed by atoms with Gasteiger partial charge in [-0.05, 0) is 54.0 Å². The van der Waals surface area contributed by atoms with E-state index in [1.807, 2.05) is 41.5 Å². The number of aliphatic hydroxyl groups is 1. The van der Waals surface area contributed by atoms with E-state index < -0.39 is 11.2 Å². The molecule has 2 saturated heterocycles. The van der Waals surface area contributed by atoms with Crippen molar-refractivity contribution in [1.29, 1.82) is 0 Å². The van der Waals surface area contributed by atoms with Crippen LogP contribution in [0.5, 0.6) is 0 Å². The average molecular weight is 417 g/mol. The lowest BCUT2D eigenvalue weighted by molar-refractivity contribution is 0.00801. The van der Waals surface area contributed by atoms with Crippen LogP contribution in [0.25, 0.3) is 10.4 Å². The summed E-state index contributed by atoms with van der Waals surface area (Å²) in [5, 5.41) is 11.1. The van der Waals surface area contributed by atoms with E-state index in [1.165, 1.54) is 4.90 Å². The molecule has 0 atom stereocenters. The van der Waals surface area contributed by atoms with E-state index in [9.17, 15) is 9.59 Å². The van der Waals surface area contributed by atoms with E-state index in [0.29, 0.717) is 26.2 Å². The Labute approximate surface area is 172 Å². The molecule has 0 aliphatic carbocycles. The fraction of sp³-hybridized carbons (Fsp3) is 0.889. The molecule has 0 bridgehead atoms. The summed E-state index contributed by atoms with van der Waals surface area (Å²) < 4.78 is 10.2. The van der Waals surface area contributed by atoms with Gasteiger partial charge in [-0.15, -0.1) is 0 Å². The summed E-state index contributed by atoms with van der Waals surface area (Å²) in [6.07, 6.45) is -0.605. The Bertz CT molecular complexity index is 568. The summed E-state index contributed by atoms with van der Waals surface area (Å²) in [7, 11) is 0. The van der Waals surface area contributed by atoms with E-state index in [2.05, 4.69) is 10.0 Å². The van der Waals surface area contributed by atoms with E-state index in [4.69, 9.17) is 25.8 Å². The Morgan fingerprint density at radius 2 is 1.38 bits per heavy atom. The van der Waals surface area contributed by atoms with E-state index in [1.54, 1.807) is 11.8 Å². The molecule has 0 radical (unpaired) electrons. The number of azide groups is 1. The Kier molecular flexibility index (Phi) is 10.8. The molecule has 2 amide bonds. The minimum atomic E-state index is -0.472. The highest BCUT2D eigenvalue weighted by atomic mass is 16.6. The van der Waals surface area contributed by atoms with Crippen LogP contribution in [0.15, 0.2) is 5.11 Å². The average Bonchev–Trinajstić information content (AvgIpc) is 2.45. The minimum absolute atomic E-state index is 0.0903. The largest absolute Gasteiger partial charge is 0.444 e. The summed E-state index contributed by atoms with van der Waals surface area (Å²) in [5.41, 5.74) is 12.8. The van der Waals surface area contributed by atoms with Gasteiger partial charge in [-0.2, -0.15) is 0 Å². The first-order chi connectivity index (χ1) is 13.2. The summed E-state index contributed by atoms with van der Waals surface area (Å²) >= 11 is 0. The predicted molar refractivity (Wildman–Crippen MR) is 109 cm³/mol. The van der Waals surface area contributed by atoms with Crippen LogP contribution in [0.4, 0.5) is 9.59 Å². The number of nitrogens with two attached hydrogens (primary N) is 1. The van der Waals surface area contributed by atoms with Crippen LogP contribution < -0.4 is 5.73 Å². The number of carbonyl (C=O) groups is 2. The molecule has 0 aromatic carbocycles. The molecule has 2 rings (SSSR count). The number of carbonyl (C=O) groups excluding carboxylic acids is 2. The highest BCUT2D eigenvalue weighted by Crippen LogP contribution is 2.17. The third kappa shape index (κ3) is 12.0. The monoisotopic (exact) mass is 416 g/mol. The number of aliphatic hydroxyl groups excluding tert-OH is 1. The van der Waals surface area contributed by atoms with Crippen molar-refractivity contribution in [2.75, 3.05) is 32.8 Å². The first-order valence-corrected chi connectivity index (χ1v) is 9.58. The summed E-state index contributed by atoms with van der Waals surface area (Å²) in [4.78, 5) is 28.4. The SMILES string of the molecule is CC(C)(C)OC(=O)N1CC(N)C1.CC(C)(C)OC(=O)N1CC(N=[N+]=[N-])C1.CCO. The molecule has 2 heterocycles. The van der Waals surface area contributed by atoms with Crippen molar-refractivity contribution >= 4 is 12.2 Å². The molecule has 168 valence electrons. The number of hydrogen-bond donors (Lipinski definition) is 2. The fourth-order valence-electron chi connectivity index (χ4n) is 2.07. The molecule has 2 aliphatic rings. The second kappa shape index (κ2) is 11.7. The fourth-order valence-corrected chi connectivity index (χ4v) is 2.07. The smallest absolute Gasteiger partial charge is 0.410 e. The third-order valence-electron chi connectivity index (χ3n) is 3.29. The first-order valence-electron chi connectivity index (χ1n) is 9.58. The Morgan fingerprint density at radius 1 is 1.03 bits per heavy atom. The second-order valence-corrected chi connectivity index (χ2v) is 8.71. The van der Waals surface area contributed by atoms with Crippen LogP contribution in [0, 0.1) is 0 Å². The Balaban J connectivity index is 0.000000481. The number of amides is 2. The molecule has 11 nitrogen and oxygen atoms in total. The van der Waals surface area contributed by atoms with Gasteiger partial charge in [0.2, 0.25) is 0 Å². The molecular weight excluding hydrogens is 380 g/mol. The van der Waals surface area contributed by atoms with Crippen LogP contribution in [0.3, 0.4) is 0 Å². The van der Waals surface area contributed by atoms with Gasteiger partial charge in [-0.25, -0.2) is 9.59 Å². The molecular formula is C18H36N6O5. The quantitative estimate of drug-likeness (QED) is 0.380. The van der Waals surface area contributed by atoms with Gasteiger partial charge < -0.3 is 30.1 Å². The van der Waals surface area contributed by atoms with Crippen molar-refractivity contribution in [1.82, 2.24) is 9.80 Å². The topological polar surface area (TPSA) is 154 Å². The molecule has 0 unspecified atom stereocenters. The lowest BCUT2D eigenvalue weighted by Gasteiger charge is -2.37. The molecule has 2 aliphatic heterocycles. The second-order valence-electron chi connectivity index (χ2n) is 8.71. The van der Waals surface area contributed by atoms with Crippen LogP contribution >= 0.6 is 0 Å². The molecule has 0 aromatic heterocycles. The maximum Gasteiger partial charge on any atom is 0.410 e. The van der Waals surface area contributed by atoms with Gasteiger partial charge in [-0.3, -0.25) is 0 Å². The summed E-state index contributed by atoms with van der Waals surface area (Å²) in [6.45, 7) is 15.1. The standard InChI is InChI=1S/C8H14N4O2.C8H16N2O2.C2H6O/c1-8(2,3)14-7(13)12-4-6(5-12)10-11-9;1-8(2,3)12-7(11)10-4-6(9)5-10;1-2-3/h6H,4-5H2,1-3H3;6H,4-5,9H2,1-3H3;3H,2H2,1H3. The van der Waals surface area contributed by atoms with E-state index in [-0.39, 0.29) is 30.9 Å². The molecule has 29 heavy (non-hydrogen) atoms. The molecule has 0 spiro atoms. The Morgan fingerprint density at radius 3 is 1.66 bits per heavy atom. The van der Waals surface area contributed by atoms with Crippen LogP contribution in [-0.4, -0.2) is 83.2 Å². The number of ether oxygens (including phenoxy) is 2. The molecule has 0 saturated carbocycles.